The first-order chi connectivity index (χ1) is 10.1. The highest BCUT2D eigenvalue weighted by molar-refractivity contribution is 9.10. The van der Waals surface area contributed by atoms with Crippen molar-refractivity contribution in [1.82, 2.24) is 15.1 Å². The van der Waals surface area contributed by atoms with Crippen LogP contribution in [0.15, 0.2) is 4.47 Å². The van der Waals surface area contributed by atoms with Crippen molar-refractivity contribution in [3.63, 3.8) is 0 Å². The molecule has 0 amide bonds. The molecule has 1 aromatic rings. The third-order valence-electron chi connectivity index (χ3n) is 5.80. The van der Waals surface area contributed by atoms with Crippen molar-refractivity contribution in [2.24, 2.45) is 17.3 Å². The highest BCUT2D eigenvalue weighted by Gasteiger charge is 2.54. The summed E-state index contributed by atoms with van der Waals surface area (Å²) in [5.74, 6) is 2.06. The van der Waals surface area contributed by atoms with E-state index >= 15 is 0 Å². The lowest BCUT2D eigenvalue weighted by Gasteiger charge is -2.32. The zero-order valence-corrected chi connectivity index (χ0v) is 14.7. The zero-order valence-electron chi connectivity index (χ0n) is 13.2. The van der Waals surface area contributed by atoms with E-state index < -0.39 is 0 Å². The molecule has 116 valence electrons. The molecule has 3 saturated carbocycles. The van der Waals surface area contributed by atoms with Gasteiger partial charge in [-0.1, -0.05) is 0 Å². The number of hydrogen-bond acceptors (Lipinski definition) is 2. The fraction of sp³-hybridized carbons (Fsp3) is 0.824. The van der Waals surface area contributed by atoms with E-state index in [0.717, 1.165) is 30.1 Å². The van der Waals surface area contributed by atoms with Crippen molar-refractivity contribution in [2.45, 2.75) is 65.0 Å². The first kappa shape index (κ1) is 14.3. The molecular weight excluding hydrogens is 326 g/mol. The maximum atomic E-state index is 4.69. The van der Waals surface area contributed by atoms with E-state index in [1.165, 1.54) is 55.2 Å². The molecule has 1 heterocycles. The Kier molecular flexibility index (Phi) is 3.45. The summed E-state index contributed by atoms with van der Waals surface area (Å²) < 4.78 is 3.46. The minimum atomic E-state index is 0.484. The van der Waals surface area contributed by atoms with Gasteiger partial charge in [-0.05, 0) is 85.6 Å². The summed E-state index contributed by atoms with van der Waals surface area (Å²) >= 11 is 3.79. The second-order valence-electron chi connectivity index (χ2n) is 7.66. The van der Waals surface area contributed by atoms with Gasteiger partial charge in [0.1, 0.15) is 0 Å². The quantitative estimate of drug-likeness (QED) is 0.846. The van der Waals surface area contributed by atoms with E-state index in [1.807, 2.05) is 0 Å². The number of rotatable bonds is 6. The second-order valence-corrected chi connectivity index (χ2v) is 8.45. The average Bonchev–Trinajstić information content (AvgIpc) is 3.38. The number of halogens is 1. The van der Waals surface area contributed by atoms with Crippen molar-refractivity contribution in [1.29, 1.82) is 0 Å². The Hall–Kier alpha value is -0.350. The van der Waals surface area contributed by atoms with Gasteiger partial charge in [0.2, 0.25) is 0 Å². The van der Waals surface area contributed by atoms with Crippen LogP contribution in [0.4, 0.5) is 0 Å². The molecule has 0 aromatic carbocycles. The summed E-state index contributed by atoms with van der Waals surface area (Å²) in [7, 11) is 0. The lowest BCUT2D eigenvalue weighted by Crippen LogP contribution is -2.37. The van der Waals surface area contributed by atoms with Crippen molar-refractivity contribution in [3.8, 4) is 0 Å². The van der Waals surface area contributed by atoms with Gasteiger partial charge in [0.15, 0.2) is 0 Å². The van der Waals surface area contributed by atoms with Crippen molar-refractivity contribution >= 4 is 15.9 Å². The van der Waals surface area contributed by atoms with E-state index in [9.17, 15) is 0 Å². The summed E-state index contributed by atoms with van der Waals surface area (Å²) in [5.41, 5.74) is 3.05. The Labute approximate surface area is 136 Å². The molecule has 21 heavy (non-hydrogen) atoms. The Morgan fingerprint density at radius 2 is 2.05 bits per heavy atom. The molecule has 4 rings (SSSR count). The van der Waals surface area contributed by atoms with Gasteiger partial charge < -0.3 is 5.32 Å². The Balaban J connectivity index is 1.56. The van der Waals surface area contributed by atoms with Gasteiger partial charge in [0.05, 0.1) is 15.9 Å². The van der Waals surface area contributed by atoms with E-state index in [0.29, 0.717) is 5.41 Å². The molecule has 4 heteroatoms. The molecule has 3 aliphatic rings. The molecule has 0 radical (unpaired) electrons. The summed E-state index contributed by atoms with van der Waals surface area (Å²) in [6, 6.07) is 0.820. The molecule has 2 unspecified atom stereocenters. The van der Waals surface area contributed by atoms with Crippen molar-refractivity contribution in [2.75, 3.05) is 6.54 Å². The summed E-state index contributed by atoms with van der Waals surface area (Å²) in [6.45, 7) is 6.50. The van der Waals surface area contributed by atoms with E-state index in [1.54, 1.807) is 0 Å². The van der Waals surface area contributed by atoms with Crippen LogP contribution in [-0.2, 0) is 13.0 Å². The van der Waals surface area contributed by atoms with E-state index in [2.05, 4.69) is 44.9 Å². The van der Waals surface area contributed by atoms with Crippen LogP contribution >= 0.6 is 15.9 Å². The number of hydrogen-bond donors (Lipinski definition) is 1. The van der Waals surface area contributed by atoms with Gasteiger partial charge in [0.25, 0.3) is 0 Å². The number of nitrogens with zero attached hydrogens (tertiary/aromatic N) is 2. The lowest BCUT2D eigenvalue weighted by molar-refractivity contribution is 0.241. The van der Waals surface area contributed by atoms with Crippen LogP contribution in [0.3, 0.4) is 0 Å². The van der Waals surface area contributed by atoms with Crippen LogP contribution in [0.5, 0.6) is 0 Å². The van der Waals surface area contributed by atoms with Crippen LogP contribution in [0.2, 0.25) is 0 Å². The molecule has 1 N–H and O–H groups in total. The monoisotopic (exact) mass is 351 g/mol. The predicted molar refractivity (Wildman–Crippen MR) is 88.3 cm³/mol. The number of aryl methyl sites for hydroxylation is 2. The van der Waals surface area contributed by atoms with Gasteiger partial charge in [-0.2, -0.15) is 5.10 Å². The highest BCUT2D eigenvalue weighted by atomic mass is 79.9. The molecule has 3 aliphatic carbocycles. The van der Waals surface area contributed by atoms with Crippen LogP contribution in [0.1, 0.15) is 50.4 Å². The van der Waals surface area contributed by atoms with Gasteiger partial charge >= 0.3 is 0 Å². The number of aromatic nitrogens is 2. The Morgan fingerprint density at radius 3 is 2.67 bits per heavy atom. The number of nitrogens with one attached hydrogen (secondary N) is 1. The molecule has 0 spiro atoms. The molecule has 1 aromatic heterocycles. The smallest absolute Gasteiger partial charge is 0.0738 e. The Morgan fingerprint density at radius 1 is 1.33 bits per heavy atom. The highest BCUT2D eigenvalue weighted by Crippen LogP contribution is 2.61. The van der Waals surface area contributed by atoms with Crippen LogP contribution in [0, 0.1) is 24.2 Å². The fourth-order valence-corrected chi connectivity index (χ4v) is 4.82. The minimum Gasteiger partial charge on any atom is -0.313 e. The molecular formula is C17H26BrN3. The minimum absolute atomic E-state index is 0.484. The van der Waals surface area contributed by atoms with Gasteiger partial charge in [-0.15, -0.1) is 0 Å². The third-order valence-corrected chi connectivity index (χ3v) is 6.83. The second kappa shape index (κ2) is 5.09. The molecule has 3 nitrogen and oxygen atoms in total. The van der Waals surface area contributed by atoms with Gasteiger partial charge in [-0.3, -0.25) is 4.68 Å². The normalized spacial score (nSPS) is 34.2. The van der Waals surface area contributed by atoms with E-state index in [-0.39, 0.29) is 0 Å². The summed E-state index contributed by atoms with van der Waals surface area (Å²) in [4.78, 5) is 0. The molecule has 2 atom stereocenters. The average molecular weight is 352 g/mol. The van der Waals surface area contributed by atoms with Crippen LogP contribution in [0.25, 0.3) is 0 Å². The standard InChI is InChI=1S/C17H26BrN3/c1-3-21-15(16(18)11(2)20-21)9-17(10-19-14-4-5-14)7-12-6-13(12)8-17/h12-14,19H,3-10H2,1-2H3. The van der Waals surface area contributed by atoms with Gasteiger partial charge in [0, 0.05) is 19.1 Å². The van der Waals surface area contributed by atoms with Crippen LogP contribution < -0.4 is 5.32 Å². The maximum absolute atomic E-state index is 4.69. The fourth-order valence-electron chi connectivity index (χ4n) is 4.40. The SMILES string of the molecule is CCn1nc(C)c(Br)c1CC1(CNC2CC2)CC2CC2C1. The number of fused-ring (bicyclic) bond motifs is 1. The van der Waals surface area contributed by atoms with E-state index in [4.69, 9.17) is 0 Å². The van der Waals surface area contributed by atoms with Crippen molar-refractivity contribution in [3.05, 3.63) is 15.9 Å². The first-order valence-corrected chi connectivity index (χ1v) is 9.35. The third kappa shape index (κ3) is 2.70. The van der Waals surface area contributed by atoms with Gasteiger partial charge in [-0.25, -0.2) is 0 Å². The predicted octanol–water partition coefficient (Wildman–Crippen LogP) is 3.68. The molecule has 3 fully saturated rings. The lowest BCUT2D eigenvalue weighted by atomic mass is 9.78. The molecule has 0 aliphatic heterocycles. The summed E-state index contributed by atoms with van der Waals surface area (Å²) in [5, 5.41) is 8.51. The Bertz CT molecular complexity index is 536. The zero-order chi connectivity index (χ0) is 14.6. The molecule has 0 bridgehead atoms. The maximum Gasteiger partial charge on any atom is 0.0738 e. The van der Waals surface area contributed by atoms with Crippen LogP contribution in [-0.4, -0.2) is 22.4 Å². The largest absolute Gasteiger partial charge is 0.313 e. The topological polar surface area (TPSA) is 29.9 Å². The first-order valence-electron chi connectivity index (χ1n) is 8.55. The molecule has 0 saturated heterocycles. The summed E-state index contributed by atoms with van der Waals surface area (Å²) in [6.07, 6.45) is 8.32. The van der Waals surface area contributed by atoms with Crippen molar-refractivity contribution < 1.29 is 0 Å².